The van der Waals surface area contributed by atoms with Gasteiger partial charge in [-0.15, -0.1) is 0 Å². The van der Waals surface area contributed by atoms with E-state index < -0.39 is 4.92 Å². The second-order valence-electron chi connectivity index (χ2n) is 8.37. The molecule has 1 heterocycles. The number of nitro benzene ring substituents is 1. The van der Waals surface area contributed by atoms with E-state index in [2.05, 4.69) is 21.0 Å². The van der Waals surface area contributed by atoms with Gasteiger partial charge in [0.15, 0.2) is 0 Å². The average Bonchev–Trinajstić information content (AvgIpc) is 3.46. The molecule has 1 saturated heterocycles. The molecule has 0 aromatic heterocycles. The second kappa shape index (κ2) is 8.79. The normalized spacial score (nSPS) is 25.0. The molecule has 2 aromatic carbocycles. The maximum Gasteiger partial charge on any atom is 0.312 e. The van der Waals surface area contributed by atoms with Crippen LogP contribution in [0.25, 0.3) is 0 Å². The van der Waals surface area contributed by atoms with Gasteiger partial charge < -0.3 is 4.74 Å². The molecule has 11 heteroatoms. The zero-order valence-corrected chi connectivity index (χ0v) is 20.5. The molecule has 0 spiro atoms. The van der Waals surface area contributed by atoms with Crippen LogP contribution in [0.15, 0.2) is 52.1 Å². The van der Waals surface area contributed by atoms with E-state index in [1.165, 1.54) is 12.3 Å². The average molecular weight is 565 g/mol. The van der Waals surface area contributed by atoms with Crippen molar-refractivity contribution in [1.82, 2.24) is 5.01 Å². The van der Waals surface area contributed by atoms with E-state index in [0.29, 0.717) is 25.6 Å². The van der Waals surface area contributed by atoms with Gasteiger partial charge >= 0.3 is 5.69 Å². The minimum absolute atomic E-state index is 0.0127. The number of amides is 2. The van der Waals surface area contributed by atoms with Crippen LogP contribution in [-0.2, 0) is 16.2 Å². The number of benzene rings is 2. The first kappa shape index (κ1) is 23.0. The number of hydrazone groups is 1. The van der Waals surface area contributed by atoms with Gasteiger partial charge in [0.05, 0.1) is 27.4 Å². The summed E-state index contributed by atoms with van der Waals surface area (Å²) in [5.74, 6) is -1.21. The fourth-order valence-corrected chi connectivity index (χ4v) is 5.91. The van der Waals surface area contributed by atoms with Gasteiger partial charge in [-0.25, -0.2) is 0 Å². The lowest BCUT2D eigenvalue weighted by Gasteiger charge is -2.13. The molecule has 2 amide bonds. The van der Waals surface area contributed by atoms with E-state index in [1.54, 1.807) is 24.3 Å². The van der Waals surface area contributed by atoms with Crippen molar-refractivity contribution in [3.63, 3.8) is 0 Å². The number of nitrogens with zero attached hydrogens (tertiary/aromatic N) is 3. The lowest BCUT2D eigenvalue weighted by Crippen LogP contribution is -2.28. The van der Waals surface area contributed by atoms with Crippen LogP contribution in [0, 0.1) is 33.8 Å². The molecule has 0 radical (unpaired) electrons. The number of rotatable bonds is 6. The Morgan fingerprint density at radius 3 is 2.44 bits per heavy atom. The number of imide groups is 1. The number of fused-ring (bicyclic) bond motifs is 5. The van der Waals surface area contributed by atoms with Crippen molar-refractivity contribution >= 4 is 62.8 Å². The minimum Gasteiger partial charge on any atom is -0.481 e. The van der Waals surface area contributed by atoms with E-state index in [-0.39, 0.29) is 53.5 Å². The van der Waals surface area contributed by atoms with Crippen LogP contribution in [-0.4, -0.2) is 28.0 Å². The Labute approximate surface area is 212 Å². The molecule has 4 atom stereocenters. The summed E-state index contributed by atoms with van der Waals surface area (Å²) in [5.41, 5.74) is 0.631. The Balaban J connectivity index is 1.37. The van der Waals surface area contributed by atoms with Gasteiger partial charge in [-0.2, -0.15) is 10.1 Å². The highest BCUT2D eigenvalue weighted by atomic mass is 79.9. The number of halogens is 3. The maximum absolute atomic E-state index is 12.8. The standard InChI is InChI=1S/C23H16BrCl2N3O5/c24-16-5-11(9-27-28-22(30)19-12-1-2-13(7-12)20(19)23(28)31)6-18(29(32)33)21(16)34-10-14-3-4-15(25)8-17(14)26/h1-6,8-9,12-13,19-20H,7,10H2/t12-,13-,19-,20+/m0/s1. The molecule has 2 aromatic rings. The zero-order chi connectivity index (χ0) is 24.1. The Hall–Kier alpha value is -2.75. The summed E-state index contributed by atoms with van der Waals surface area (Å²) in [6, 6.07) is 7.70. The number of ether oxygens (including phenoxy) is 1. The van der Waals surface area contributed by atoms with Gasteiger partial charge in [0.1, 0.15) is 6.61 Å². The SMILES string of the molecule is O=C1[C@@H]2[C@H](C(=O)N1N=Cc1cc(Br)c(OCc3ccc(Cl)cc3Cl)c([N+](=O)[O-])c1)[C@H]1C=C[C@H]2C1. The topological polar surface area (TPSA) is 102 Å². The minimum atomic E-state index is -0.583. The van der Waals surface area contributed by atoms with Crippen LogP contribution < -0.4 is 4.74 Å². The van der Waals surface area contributed by atoms with E-state index in [0.717, 1.165) is 11.4 Å². The molecule has 5 rings (SSSR count). The maximum atomic E-state index is 12.8. The molecule has 1 aliphatic heterocycles. The third-order valence-corrected chi connectivity index (χ3v) is 7.58. The molecular formula is C23H16BrCl2N3O5. The van der Waals surface area contributed by atoms with Crippen LogP contribution in [0.4, 0.5) is 5.69 Å². The largest absolute Gasteiger partial charge is 0.481 e. The first-order valence-electron chi connectivity index (χ1n) is 10.4. The number of allylic oxidation sites excluding steroid dienone is 2. The van der Waals surface area contributed by atoms with Crippen LogP contribution in [0.1, 0.15) is 17.5 Å². The van der Waals surface area contributed by atoms with Crippen molar-refractivity contribution in [2.24, 2.45) is 28.8 Å². The van der Waals surface area contributed by atoms with Crippen molar-refractivity contribution in [3.05, 3.63) is 78.2 Å². The van der Waals surface area contributed by atoms with Gasteiger partial charge in [0, 0.05) is 27.2 Å². The zero-order valence-electron chi connectivity index (χ0n) is 17.4. The van der Waals surface area contributed by atoms with Crippen LogP contribution in [0.3, 0.4) is 0 Å². The molecule has 174 valence electrons. The molecule has 34 heavy (non-hydrogen) atoms. The summed E-state index contributed by atoms with van der Waals surface area (Å²) < 4.78 is 6.01. The second-order valence-corrected chi connectivity index (χ2v) is 10.1. The molecule has 2 fully saturated rings. The summed E-state index contributed by atoms with van der Waals surface area (Å²) in [6.45, 7) is -0.0151. The highest BCUT2D eigenvalue weighted by Crippen LogP contribution is 2.52. The van der Waals surface area contributed by atoms with Gasteiger partial charge in [0.25, 0.3) is 11.8 Å². The van der Waals surface area contributed by atoms with Gasteiger partial charge in [-0.1, -0.05) is 41.4 Å². The third kappa shape index (κ3) is 3.91. The third-order valence-electron chi connectivity index (χ3n) is 6.40. The van der Waals surface area contributed by atoms with Crippen LogP contribution >= 0.6 is 39.1 Å². The molecule has 3 aliphatic rings. The monoisotopic (exact) mass is 563 g/mol. The van der Waals surface area contributed by atoms with Crippen molar-refractivity contribution < 1.29 is 19.2 Å². The van der Waals surface area contributed by atoms with Gasteiger partial charge in [-0.05, 0) is 52.4 Å². The summed E-state index contributed by atoms with van der Waals surface area (Å²) in [5, 5.41) is 17.5. The molecule has 8 nitrogen and oxygen atoms in total. The molecule has 0 unspecified atom stereocenters. The summed E-state index contributed by atoms with van der Waals surface area (Å²) in [6.07, 6.45) is 6.09. The number of hydrogen-bond acceptors (Lipinski definition) is 6. The number of carbonyl (C=O) groups is 2. The predicted molar refractivity (Wildman–Crippen MR) is 129 cm³/mol. The van der Waals surface area contributed by atoms with E-state index >= 15 is 0 Å². The fraction of sp³-hybridized carbons (Fsp3) is 0.261. The highest BCUT2D eigenvalue weighted by molar-refractivity contribution is 9.10. The number of hydrogen-bond donors (Lipinski definition) is 0. The van der Waals surface area contributed by atoms with E-state index in [1.807, 2.05) is 12.2 Å². The Bertz CT molecular complexity index is 1270. The highest BCUT2D eigenvalue weighted by Gasteiger charge is 2.59. The van der Waals surface area contributed by atoms with Crippen molar-refractivity contribution in [2.75, 3.05) is 0 Å². The van der Waals surface area contributed by atoms with Crippen molar-refractivity contribution in [1.29, 1.82) is 0 Å². The molecule has 0 N–H and O–H groups in total. The number of nitro groups is 1. The lowest BCUT2D eigenvalue weighted by atomic mass is 9.85. The Morgan fingerprint density at radius 2 is 1.82 bits per heavy atom. The summed E-state index contributed by atoms with van der Waals surface area (Å²) >= 11 is 15.4. The smallest absolute Gasteiger partial charge is 0.312 e. The summed E-state index contributed by atoms with van der Waals surface area (Å²) in [4.78, 5) is 36.7. The summed E-state index contributed by atoms with van der Waals surface area (Å²) in [7, 11) is 0. The fourth-order valence-electron chi connectivity index (χ4n) is 4.87. The van der Waals surface area contributed by atoms with E-state index in [9.17, 15) is 19.7 Å². The Kier molecular flexibility index (Phi) is 5.95. The first-order chi connectivity index (χ1) is 16.2. The Morgan fingerprint density at radius 1 is 1.15 bits per heavy atom. The van der Waals surface area contributed by atoms with Crippen molar-refractivity contribution in [3.8, 4) is 5.75 Å². The first-order valence-corrected chi connectivity index (χ1v) is 11.9. The van der Waals surface area contributed by atoms with Crippen LogP contribution in [0.5, 0.6) is 5.75 Å². The van der Waals surface area contributed by atoms with E-state index in [4.69, 9.17) is 27.9 Å². The van der Waals surface area contributed by atoms with Gasteiger partial charge in [0.2, 0.25) is 5.75 Å². The lowest BCUT2D eigenvalue weighted by molar-refractivity contribution is -0.386. The molecule has 2 aliphatic carbocycles. The predicted octanol–water partition coefficient (Wildman–Crippen LogP) is 5.38. The quantitative estimate of drug-likeness (QED) is 0.154. The van der Waals surface area contributed by atoms with Gasteiger partial charge in [-0.3, -0.25) is 19.7 Å². The molecular weight excluding hydrogens is 549 g/mol. The van der Waals surface area contributed by atoms with Crippen LogP contribution in [0.2, 0.25) is 10.0 Å². The molecule has 1 saturated carbocycles. The molecule has 2 bridgehead atoms. The number of carbonyl (C=O) groups excluding carboxylic acids is 2. The van der Waals surface area contributed by atoms with Crippen molar-refractivity contribution in [2.45, 2.75) is 13.0 Å².